The molecular weight excluding hydrogens is 246 g/mol. The number of carboxylic acids is 1. The average Bonchev–Trinajstić information content (AvgIpc) is 2.43. The van der Waals surface area contributed by atoms with Crippen LogP contribution in [0.25, 0.3) is 0 Å². The summed E-state index contributed by atoms with van der Waals surface area (Å²) in [6.07, 6.45) is -0.378. The Morgan fingerprint density at radius 2 is 1.89 bits per heavy atom. The number of hydrogen-bond acceptors (Lipinski definition) is 3. The van der Waals surface area contributed by atoms with Crippen molar-refractivity contribution in [1.82, 2.24) is 4.90 Å². The molecule has 0 radical (unpaired) electrons. The Balaban J connectivity index is 2.83. The lowest BCUT2D eigenvalue weighted by Gasteiger charge is -2.27. The van der Waals surface area contributed by atoms with Crippen LogP contribution >= 0.6 is 0 Å². The summed E-state index contributed by atoms with van der Waals surface area (Å²) in [5.41, 5.74) is 0.875. The Morgan fingerprint density at radius 3 is 2.37 bits per heavy atom. The third kappa shape index (κ3) is 4.06. The van der Waals surface area contributed by atoms with Gasteiger partial charge in [-0.05, 0) is 12.5 Å². The molecule has 0 heterocycles. The lowest BCUT2D eigenvalue weighted by molar-refractivity contribution is -0.153. The summed E-state index contributed by atoms with van der Waals surface area (Å²) in [6, 6.07) is 8.33. The van der Waals surface area contributed by atoms with Crippen LogP contribution in [0.1, 0.15) is 12.5 Å². The van der Waals surface area contributed by atoms with E-state index in [1.54, 1.807) is 6.92 Å². The number of aliphatic carboxylic acids is 1. The molecule has 5 nitrogen and oxygen atoms in total. The molecule has 5 heteroatoms. The third-order valence-corrected chi connectivity index (χ3v) is 3.07. The minimum Gasteiger partial charge on any atom is -0.480 e. The minimum absolute atomic E-state index is 0.273. The van der Waals surface area contributed by atoms with Crippen molar-refractivity contribution >= 4 is 11.9 Å². The maximum Gasteiger partial charge on any atom is 0.326 e. The summed E-state index contributed by atoms with van der Waals surface area (Å²) >= 11 is 0. The molecule has 0 aromatic heterocycles. The number of hydrogen-bond donors (Lipinski definition) is 1. The lowest BCUT2D eigenvalue weighted by Crippen LogP contribution is -2.47. The second-order valence-corrected chi connectivity index (χ2v) is 4.37. The fourth-order valence-corrected chi connectivity index (χ4v) is 1.77. The minimum atomic E-state index is -1.02. The molecule has 1 N–H and O–H groups in total. The fraction of sp³-hybridized carbons (Fsp3) is 0.429. The van der Waals surface area contributed by atoms with Crippen molar-refractivity contribution in [1.29, 1.82) is 0 Å². The second-order valence-electron chi connectivity index (χ2n) is 4.37. The van der Waals surface area contributed by atoms with Crippen molar-refractivity contribution in [2.24, 2.45) is 0 Å². The van der Waals surface area contributed by atoms with E-state index in [-0.39, 0.29) is 12.3 Å². The van der Waals surface area contributed by atoms with Crippen LogP contribution in [0, 0.1) is 0 Å². The molecule has 2 unspecified atom stereocenters. The first-order valence-corrected chi connectivity index (χ1v) is 6.03. The summed E-state index contributed by atoms with van der Waals surface area (Å²) in [5, 5.41) is 9.27. The summed E-state index contributed by atoms with van der Waals surface area (Å²) in [7, 11) is 2.91. The highest BCUT2D eigenvalue weighted by molar-refractivity contribution is 5.86. The predicted molar refractivity (Wildman–Crippen MR) is 70.8 cm³/mol. The van der Waals surface area contributed by atoms with E-state index in [0.717, 1.165) is 5.56 Å². The van der Waals surface area contributed by atoms with Crippen molar-refractivity contribution in [2.75, 3.05) is 14.2 Å². The number of likely N-dealkylation sites (N-methyl/N-ethyl adjacent to an activating group) is 1. The van der Waals surface area contributed by atoms with Crippen LogP contribution in [-0.4, -0.2) is 48.2 Å². The molecular formula is C14H19NO4. The number of nitrogens with zero attached hydrogens (tertiary/aromatic N) is 1. The number of amides is 1. The zero-order chi connectivity index (χ0) is 14.4. The van der Waals surface area contributed by atoms with E-state index < -0.39 is 18.1 Å². The molecule has 1 rings (SSSR count). The maximum absolute atomic E-state index is 11.9. The van der Waals surface area contributed by atoms with Gasteiger partial charge < -0.3 is 14.7 Å². The number of carboxylic acid groups (broad SMARTS) is 1. The smallest absolute Gasteiger partial charge is 0.326 e. The molecule has 0 fully saturated rings. The van der Waals surface area contributed by atoms with E-state index in [1.165, 1.54) is 19.1 Å². The number of methoxy groups -OCH3 is 1. The SMILES string of the molecule is COC(C)C(=O)N(C)C(Cc1ccccc1)C(=O)O. The first-order chi connectivity index (χ1) is 8.97. The van der Waals surface area contributed by atoms with Crippen LogP contribution < -0.4 is 0 Å². The molecule has 0 aliphatic carbocycles. The number of rotatable bonds is 6. The van der Waals surface area contributed by atoms with E-state index in [2.05, 4.69) is 0 Å². The standard InChI is InChI=1S/C14H19NO4/c1-10(19-3)13(16)15(2)12(14(17)18)9-11-7-5-4-6-8-11/h4-8,10,12H,9H2,1-3H3,(H,17,18). The second kappa shape index (κ2) is 6.89. The van der Waals surface area contributed by atoms with Gasteiger partial charge in [-0.25, -0.2) is 4.79 Å². The fourth-order valence-electron chi connectivity index (χ4n) is 1.77. The van der Waals surface area contributed by atoms with E-state index in [1.807, 2.05) is 30.3 Å². The molecule has 0 saturated carbocycles. The van der Waals surface area contributed by atoms with Crippen molar-refractivity contribution in [3.05, 3.63) is 35.9 Å². The Hall–Kier alpha value is -1.88. The first kappa shape index (κ1) is 15.2. The van der Waals surface area contributed by atoms with Gasteiger partial charge in [0, 0.05) is 20.6 Å². The van der Waals surface area contributed by atoms with E-state index in [9.17, 15) is 14.7 Å². The van der Waals surface area contributed by atoms with Crippen molar-refractivity contribution < 1.29 is 19.4 Å². The van der Waals surface area contributed by atoms with Crippen molar-refractivity contribution in [2.45, 2.75) is 25.5 Å². The van der Waals surface area contributed by atoms with E-state index in [0.29, 0.717) is 0 Å². The van der Waals surface area contributed by atoms with Gasteiger partial charge in [-0.15, -0.1) is 0 Å². The maximum atomic E-state index is 11.9. The van der Waals surface area contributed by atoms with Gasteiger partial charge in [0.15, 0.2) is 0 Å². The van der Waals surface area contributed by atoms with Crippen LogP contribution in [0.15, 0.2) is 30.3 Å². The molecule has 0 spiro atoms. The predicted octanol–water partition coefficient (Wildman–Crippen LogP) is 1.18. The molecule has 1 aromatic carbocycles. The van der Waals surface area contributed by atoms with Crippen LogP contribution in [0.3, 0.4) is 0 Å². The molecule has 104 valence electrons. The van der Waals surface area contributed by atoms with Gasteiger partial charge in [-0.2, -0.15) is 0 Å². The van der Waals surface area contributed by atoms with Crippen molar-refractivity contribution in [3.63, 3.8) is 0 Å². The Morgan fingerprint density at radius 1 is 1.32 bits per heavy atom. The molecule has 0 aliphatic heterocycles. The summed E-state index contributed by atoms with van der Waals surface area (Å²) in [5.74, 6) is -1.37. The highest BCUT2D eigenvalue weighted by Crippen LogP contribution is 2.10. The van der Waals surface area contributed by atoms with Gasteiger partial charge in [-0.3, -0.25) is 4.79 Å². The molecule has 2 atom stereocenters. The normalized spacial score (nSPS) is 13.6. The summed E-state index contributed by atoms with van der Waals surface area (Å²) in [4.78, 5) is 24.5. The zero-order valence-electron chi connectivity index (χ0n) is 11.4. The van der Waals surface area contributed by atoms with Gasteiger partial charge >= 0.3 is 5.97 Å². The number of benzene rings is 1. The van der Waals surface area contributed by atoms with Gasteiger partial charge in [0.2, 0.25) is 0 Å². The van der Waals surface area contributed by atoms with Crippen LogP contribution in [0.5, 0.6) is 0 Å². The molecule has 1 amide bonds. The first-order valence-electron chi connectivity index (χ1n) is 6.03. The average molecular weight is 265 g/mol. The largest absolute Gasteiger partial charge is 0.480 e. The van der Waals surface area contributed by atoms with Gasteiger partial charge in [0.25, 0.3) is 5.91 Å². The summed E-state index contributed by atoms with van der Waals surface area (Å²) in [6.45, 7) is 1.60. The Kier molecular flexibility index (Phi) is 5.51. The Labute approximate surface area is 112 Å². The van der Waals surface area contributed by atoms with E-state index >= 15 is 0 Å². The van der Waals surface area contributed by atoms with Crippen LogP contribution in [0.4, 0.5) is 0 Å². The molecule has 0 bridgehead atoms. The topological polar surface area (TPSA) is 66.8 Å². The number of carbonyl (C=O) groups is 2. The van der Waals surface area contributed by atoms with E-state index in [4.69, 9.17) is 4.74 Å². The van der Waals surface area contributed by atoms with Crippen molar-refractivity contribution in [3.8, 4) is 0 Å². The quantitative estimate of drug-likeness (QED) is 0.838. The van der Waals surface area contributed by atoms with Gasteiger partial charge in [0.1, 0.15) is 12.1 Å². The van der Waals surface area contributed by atoms with Crippen LogP contribution in [0.2, 0.25) is 0 Å². The third-order valence-electron chi connectivity index (χ3n) is 3.07. The molecule has 0 aliphatic rings. The monoisotopic (exact) mass is 265 g/mol. The van der Waals surface area contributed by atoms with Gasteiger partial charge in [-0.1, -0.05) is 30.3 Å². The lowest BCUT2D eigenvalue weighted by atomic mass is 10.0. The highest BCUT2D eigenvalue weighted by Gasteiger charge is 2.29. The molecule has 19 heavy (non-hydrogen) atoms. The molecule has 1 aromatic rings. The zero-order valence-corrected chi connectivity index (χ0v) is 11.4. The summed E-state index contributed by atoms with van der Waals surface area (Å²) < 4.78 is 4.93. The number of ether oxygens (including phenoxy) is 1. The van der Waals surface area contributed by atoms with Gasteiger partial charge in [0.05, 0.1) is 0 Å². The highest BCUT2D eigenvalue weighted by atomic mass is 16.5. The number of carbonyl (C=O) groups excluding carboxylic acids is 1. The Bertz CT molecular complexity index is 432. The molecule has 0 saturated heterocycles. The van der Waals surface area contributed by atoms with Crippen LogP contribution in [-0.2, 0) is 20.7 Å².